The van der Waals surface area contributed by atoms with Gasteiger partial charge in [0.15, 0.2) is 5.82 Å². The number of rotatable bonds is 9. The van der Waals surface area contributed by atoms with Crippen molar-refractivity contribution >= 4 is 17.6 Å². The molecule has 2 N–H and O–H groups in total. The molecule has 0 radical (unpaired) electrons. The fourth-order valence-electron chi connectivity index (χ4n) is 4.56. The summed E-state index contributed by atoms with van der Waals surface area (Å²) in [7, 11) is 0. The number of carbonyl (C=O) groups is 2. The van der Waals surface area contributed by atoms with Crippen LogP contribution in [0.25, 0.3) is 0 Å². The Hall–Kier alpha value is -2.81. The highest BCUT2D eigenvalue weighted by atomic mass is 19.1. The predicted molar refractivity (Wildman–Crippen MR) is 132 cm³/mol. The summed E-state index contributed by atoms with van der Waals surface area (Å²) in [5.74, 6) is -1.89. The van der Waals surface area contributed by atoms with Gasteiger partial charge < -0.3 is 20.1 Å². The number of imidazole rings is 1. The lowest BCUT2D eigenvalue weighted by atomic mass is 9.94. The van der Waals surface area contributed by atoms with Crippen LogP contribution in [-0.4, -0.2) is 51.9 Å². The Morgan fingerprint density at radius 2 is 1.80 bits per heavy atom. The number of anilines is 1. The van der Waals surface area contributed by atoms with Crippen LogP contribution in [-0.2, 0) is 16.0 Å². The number of piperidine rings is 1. The van der Waals surface area contributed by atoms with E-state index in [2.05, 4.69) is 45.9 Å². The van der Waals surface area contributed by atoms with Gasteiger partial charge in [-0.25, -0.2) is 13.8 Å². The first-order valence-corrected chi connectivity index (χ1v) is 12.3. The molecule has 1 aliphatic heterocycles. The van der Waals surface area contributed by atoms with Gasteiger partial charge in [0.25, 0.3) is 0 Å². The number of nitrogens with one attached hydrogen (secondary N) is 2. The summed E-state index contributed by atoms with van der Waals surface area (Å²) in [6.45, 7) is 11.8. The van der Waals surface area contributed by atoms with Gasteiger partial charge in [0.1, 0.15) is 17.7 Å². The number of carbonyl (C=O) groups excluding carboxylic acids is 2. The molecule has 0 bridgehead atoms. The molecule has 1 fully saturated rings. The third-order valence-corrected chi connectivity index (χ3v) is 6.05. The summed E-state index contributed by atoms with van der Waals surface area (Å²) in [6, 6.07) is 2.54. The van der Waals surface area contributed by atoms with Gasteiger partial charge in [0.2, 0.25) is 11.8 Å². The van der Waals surface area contributed by atoms with Gasteiger partial charge in [0, 0.05) is 37.9 Å². The van der Waals surface area contributed by atoms with E-state index in [9.17, 15) is 18.4 Å². The van der Waals surface area contributed by atoms with Crippen LogP contribution >= 0.6 is 0 Å². The maximum atomic E-state index is 13.4. The van der Waals surface area contributed by atoms with E-state index in [-0.39, 0.29) is 23.3 Å². The van der Waals surface area contributed by atoms with Crippen molar-refractivity contribution in [3.63, 3.8) is 0 Å². The van der Waals surface area contributed by atoms with Crippen LogP contribution in [0, 0.1) is 17.0 Å². The van der Waals surface area contributed by atoms with E-state index in [4.69, 9.17) is 0 Å². The number of hydrogen-bond acceptors (Lipinski definition) is 4. The van der Waals surface area contributed by atoms with E-state index in [1.54, 1.807) is 6.33 Å². The molecule has 35 heavy (non-hydrogen) atoms. The first kappa shape index (κ1) is 26.8. The minimum atomic E-state index is -0.767. The number of amides is 2. The van der Waals surface area contributed by atoms with E-state index >= 15 is 0 Å². The van der Waals surface area contributed by atoms with Gasteiger partial charge in [-0.15, -0.1) is 0 Å². The van der Waals surface area contributed by atoms with Crippen molar-refractivity contribution in [2.45, 2.75) is 71.9 Å². The molecule has 1 saturated heterocycles. The zero-order chi connectivity index (χ0) is 25.6. The van der Waals surface area contributed by atoms with E-state index in [1.165, 1.54) is 0 Å². The van der Waals surface area contributed by atoms with Crippen LogP contribution in [0.15, 0.2) is 30.7 Å². The lowest BCUT2D eigenvalue weighted by molar-refractivity contribution is -0.126. The normalized spacial score (nSPS) is 16.2. The molecule has 0 spiro atoms. The topological polar surface area (TPSA) is 79.3 Å². The number of halogens is 2. The molecular formula is C26H37F2N5O2. The zero-order valence-electron chi connectivity index (χ0n) is 21.1. The second-order valence-corrected chi connectivity index (χ2v) is 10.6. The summed E-state index contributed by atoms with van der Waals surface area (Å²) in [5, 5.41) is 5.48. The number of likely N-dealkylation sites (tertiary alicyclic amines) is 1. The second-order valence-electron chi connectivity index (χ2n) is 10.6. The van der Waals surface area contributed by atoms with Gasteiger partial charge in [-0.3, -0.25) is 9.59 Å². The molecule has 1 unspecified atom stereocenters. The molecule has 3 rings (SSSR count). The molecular weight excluding hydrogens is 452 g/mol. The van der Waals surface area contributed by atoms with Gasteiger partial charge in [0.05, 0.1) is 12.7 Å². The number of aromatic nitrogens is 2. The van der Waals surface area contributed by atoms with Crippen LogP contribution in [0.1, 0.15) is 65.0 Å². The largest absolute Gasteiger partial charge is 0.344 e. The zero-order valence-corrected chi connectivity index (χ0v) is 21.1. The van der Waals surface area contributed by atoms with Crippen LogP contribution in [0.2, 0.25) is 0 Å². The molecule has 1 atom stereocenters. The lowest BCUT2D eigenvalue weighted by Gasteiger charge is -2.36. The van der Waals surface area contributed by atoms with Crippen molar-refractivity contribution in [3.8, 4) is 0 Å². The Balaban J connectivity index is 1.54. The van der Waals surface area contributed by atoms with Crippen molar-refractivity contribution < 1.29 is 18.4 Å². The van der Waals surface area contributed by atoms with Crippen LogP contribution in [0.4, 0.5) is 14.6 Å². The lowest BCUT2D eigenvalue weighted by Crippen LogP contribution is -2.44. The molecule has 192 valence electrons. The Bertz CT molecular complexity index is 989. The third-order valence-electron chi connectivity index (χ3n) is 6.05. The summed E-state index contributed by atoms with van der Waals surface area (Å²) in [4.78, 5) is 32.1. The maximum Gasteiger partial charge on any atom is 0.248 e. The van der Waals surface area contributed by atoms with Gasteiger partial charge in [-0.05, 0) is 42.4 Å². The highest BCUT2D eigenvalue weighted by Gasteiger charge is 2.25. The van der Waals surface area contributed by atoms with Crippen molar-refractivity contribution in [2.24, 2.45) is 5.41 Å². The van der Waals surface area contributed by atoms with Crippen molar-refractivity contribution in [3.05, 3.63) is 47.9 Å². The Labute approximate surface area is 206 Å². The summed E-state index contributed by atoms with van der Waals surface area (Å²) in [6.07, 6.45) is 6.51. The van der Waals surface area contributed by atoms with E-state index in [0.717, 1.165) is 50.7 Å². The summed E-state index contributed by atoms with van der Waals surface area (Å²) >= 11 is 0. The molecule has 2 amide bonds. The van der Waals surface area contributed by atoms with Gasteiger partial charge in [-0.2, -0.15) is 0 Å². The Morgan fingerprint density at radius 1 is 1.14 bits per heavy atom. The number of nitrogens with zero attached hydrogens (tertiary/aromatic N) is 3. The van der Waals surface area contributed by atoms with E-state index in [1.807, 2.05) is 13.1 Å². The molecule has 0 saturated carbocycles. The van der Waals surface area contributed by atoms with Crippen LogP contribution < -0.4 is 10.6 Å². The summed E-state index contributed by atoms with van der Waals surface area (Å²) < 4.78 is 28.9. The van der Waals surface area contributed by atoms with E-state index in [0.29, 0.717) is 24.7 Å². The standard InChI is InChI=1S/C26H37F2N5O2/c1-5-6-22(30-24(34)13-18-11-19(27)14-20(28)12-18)25(35)31-23-15-33(17-29-23)21-7-9-32(10-8-21)16-26(2,3)4/h11-12,14-15,17,21-22H,5-10,13,16H2,1-4H3,(H,30,34)(H,31,35). The maximum absolute atomic E-state index is 13.4. The van der Waals surface area contributed by atoms with Crippen molar-refractivity contribution in [1.29, 1.82) is 0 Å². The van der Waals surface area contributed by atoms with Crippen LogP contribution in [0.5, 0.6) is 0 Å². The van der Waals surface area contributed by atoms with Crippen molar-refractivity contribution in [1.82, 2.24) is 19.8 Å². The first-order valence-electron chi connectivity index (χ1n) is 12.3. The quantitative estimate of drug-likeness (QED) is 0.550. The van der Waals surface area contributed by atoms with Crippen LogP contribution in [0.3, 0.4) is 0 Å². The average Bonchev–Trinajstić information content (AvgIpc) is 3.20. The monoisotopic (exact) mass is 489 g/mol. The third kappa shape index (κ3) is 8.42. The fraction of sp³-hybridized carbons (Fsp3) is 0.577. The predicted octanol–water partition coefficient (Wildman–Crippen LogP) is 4.31. The van der Waals surface area contributed by atoms with Gasteiger partial charge in [-0.1, -0.05) is 34.1 Å². The first-order chi connectivity index (χ1) is 16.5. The molecule has 0 aliphatic carbocycles. The smallest absolute Gasteiger partial charge is 0.248 e. The van der Waals surface area contributed by atoms with Gasteiger partial charge >= 0.3 is 0 Å². The highest BCUT2D eigenvalue weighted by Crippen LogP contribution is 2.26. The molecule has 1 aliphatic rings. The second kappa shape index (κ2) is 11.7. The molecule has 9 heteroatoms. The Kier molecular flexibility index (Phi) is 8.99. The highest BCUT2D eigenvalue weighted by molar-refractivity contribution is 5.96. The van der Waals surface area contributed by atoms with Crippen molar-refractivity contribution in [2.75, 3.05) is 25.0 Å². The average molecular weight is 490 g/mol. The summed E-state index contributed by atoms with van der Waals surface area (Å²) in [5.41, 5.74) is 0.486. The SMILES string of the molecule is CCCC(NC(=O)Cc1cc(F)cc(F)c1)C(=O)Nc1cn(C2CCN(CC(C)(C)C)CC2)cn1. The molecule has 7 nitrogen and oxygen atoms in total. The Morgan fingerprint density at radius 3 is 2.40 bits per heavy atom. The fourth-order valence-corrected chi connectivity index (χ4v) is 4.56. The molecule has 1 aromatic carbocycles. The molecule has 2 heterocycles. The minimum absolute atomic E-state index is 0.211. The number of hydrogen-bond donors (Lipinski definition) is 2. The number of benzene rings is 1. The molecule has 1 aromatic heterocycles. The van der Waals surface area contributed by atoms with E-state index < -0.39 is 23.6 Å². The minimum Gasteiger partial charge on any atom is -0.344 e. The molecule has 2 aromatic rings.